The van der Waals surface area contributed by atoms with Gasteiger partial charge in [0, 0.05) is 4.47 Å². The molecule has 17 heavy (non-hydrogen) atoms. The van der Waals surface area contributed by atoms with Gasteiger partial charge in [-0.2, -0.15) is 0 Å². The van der Waals surface area contributed by atoms with Crippen LogP contribution in [0.4, 0.5) is 0 Å². The van der Waals surface area contributed by atoms with Crippen molar-refractivity contribution in [2.75, 3.05) is 0 Å². The van der Waals surface area contributed by atoms with Crippen LogP contribution in [0.3, 0.4) is 0 Å². The lowest BCUT2D eigenvalue weighted by molar-refractivity contribution is -0.00519. The summed E-state index contributed by atoms with van der Waals surface area (Å²) in [7, 11) is 0. The number of hydrogen-bond acceptors (Lipinski definition) is 0. The van der Waals surface area contributed by atoms with E-state index in [1.807, 2.05) is 0 Å². The van der Waals surface area contributed by atoms with E-state index in [-0.39, 0.29) is 0 Å². The Morgan fingerprint density at radius 1 is 0.824 bits per heavy atom. The molecule has 0 radical (unpaired) electrons. The van der Waals surface area contributed by atoms with E-state index in [0.29, 0.717) is 5.41 Å². The predicted octanol–water partition coefficient (Wildman–Crippen LogP) is 4.92. The minimum absolute atomic E-state index is 0.565. The van der Waals surface area contributed by atoms with Crippen LogP contribution in [0, 0.1) is 17.8 Å². The van der Waals surface area contributed by atoms with Crippen LogP contribution in [0.25, 0.3) is 0 Å². The highest BCUT2D eigenvalue weighted by atomic mass is 79.9. The van der Waals surface area contributed by atoms with Gasteiger partial charge in [0.25, 0.3) is 0 Å². The van der Waals surface area contributed by atoms with E-state index in [1.165, 1.54) is 43.0 Å². The molecule has 1 aromatic carbocycles. The minimum atomic E-state index is 0.565. The summed E-state index contributed by atoms with van der Waals surface area (Å²) in [6, 6.07) is 9.20. The van der Waals surface area contributed by atoms with E-state index >= 15 is 0 Å². The van der Waals surface area contributed by atoms with Gasteiger partial charge in [0.2, 0.25) is 0 Å². The first kappa shape index (κ1) is 10.6. The topological polar surface area (TPSA) is 0 Å². The van der Waals surface area contributed by atoms with Crippen LogP contribution in [0.1, 0.15) is 44.1 Å². The summed E-state index contributed by atoms with van der Waals surface area (Å²) in [5, 5.41) is 0. The summed E-state index contributed by atoms with van der Waals surface area (Å²) in [6.07, 6.45) is 9.03. The van der Waals surface area contributed by atoms with Gasteiger partial charge in [0.05, 0.1) is 0 Å². The third-order valence-electron chi connectivity index (χ3n) is 5.49. The summed E-state index contributed by atoms with van der Waals surface area (Å²) < 4.78 is 1.21. The molecule has 4 saturated carbocycles. The molecule has 0 saturated heterocycles. The average molecular weight is 291 g/mol. The Morgan fingerprint density at radius 2 is 1.29 bits per heavy atom. The fraction of sp³-hybridized carbons (Fsp3) is 0.625. The molecule has 0 nitrogen and oxygen atoms in total. The Morgan fingerprint density at radius 3 is 1.76 bits per heavy atom. The fourth-order valence-corrected chi connectivity index (χ4v) is 5.53. The molecule has 4 aliphatic carbocycles. The van der Waals surface area contributed by atoms with Crippen LogP contribution in [0.15, 0.2) is 28.7 Å². The Bertz CT molecular complexity index is 396. The monoisotopic (exact) mass is 290 g/mol. The zero-order valence-corrected chi connectivity index (χ0v) is 11.7. The molecule has 0 unspecified atom stereocenters. The molecule has 0 amide bonds. The Balaban J connectivity index is 1.74. The number of rotatable bonds is 1. The van der Waals surface area contributed by atoms with Gasteiger partial charge in [0.1, 0.15) is 0 Å². The molecule has 4 fully saturated rings. The van der Waals surface area contributed by atoms with Gasteiger partial charge >= 0.3 is 0 Å². The highest BCUT2D eigenvalue weighted by Gasteiger charge is 2.51. The standard InChI is InChI=1S/C16H19Br/c17-15-3-1-14(2-4-15)16-8-11-5-12(9-16)7-13(6-11)10-16/h1-4,11-13H,5-10H2/t11-,12+,13?,16?. The van der Waals surface area contributed by atoms with E-state index in [1.54, 1.807) is 5.56 Å². The van der Waals surface area contributed by atoms with Crippen LogP contribution in [-0.2, 0) is 5.41 Å². The molecular formula is C16H19Br. The molecule has 1 aromatic rings. The first-order valence-corrected chi connectivity index (χ1v) is 7.79. The van der Waals surface area contributed by atoms with Crippen LogP contribution >= 0.6 is 15.9 Å². The second kappa shape index (κ2) is 3.60. The third kappa shape index (κ3) is 1.62. The second-order valence-corrected chi connectivity index (χ2v) is 7.62. The number of hydrogen-bond donors (Lipinski definition) is 0. The minimum Gasteiger partial charge on any atom is -0.0574 e. The Hall–Kier alpha value is -0.300. The zero-order valence-electron chi connectivity index (χ0n) is 10.2. The number of benzene rings is 1. The summed E-state index contributed by atoms with van der Waals surface area (Å²) in [6.45, 7) is 0. The summed E-state index contributed by atoms with van der Waals surface area (Å²) >= 11 is 3.56. The van der Waals surface area contributed by atoms with Crippen molar-refractivity contribution in [1.82, 2.24) is 0 Å². The normalized spacial score (nSPS) is 43.0. The van der Waals surface area contributed by atoms with Crippen LogP contribution in [-0.4, -0.2) is 0 Å². The van der Waals surface area contributed by atoms with E-state index in [2.05, 4.69) is 40.2 Å². The van der Waals surface area contributed by atoms with Crippen molar-refractivity contribution >= 4 is 15.9 Å². The lowest BCUT2D eigenvalue weighted by Gasteiger charge is -2.57. The Kier molecular flexibility index (Phi) is 2.25. The van der Waals surface area contributed by atoms with Crippen molar-refractivity contribution < 1.29 is 0 Å². The average Bonchev–Trinajstić information content (AvgIpc) is 2.27. The van der Waals surface area contributed by atoms with Crippen molar-refractivity contribution in [2.24, 2.45) is 17.8 Å². The highest BCUT2D eigenvalue weighted by molar-refractivity contribution is 9.10. The van der Waals surface area contributed by atoms with Crippen molar-refractivity contribution in [2.45, 2.75) is 43.9 Å². The maximum Gasteiger partial charge on any atom is 0.0175 e. The Labute approximate surface area is 112 Å². The molecule has 0 heterocycles. The van der Waals surface area contributed by atoms with Crippen LogP contribution in [0.2, 0.25) is 0 Å². The summed E-state index contributed by atoms with van der Waals surface area (Å²) in [5.74, 6) is 3.14. The largest absolute Gasteiger partial charge is 0.0574 e. The van der Waals surface area contributed by atoms with Gasteiger partial charge in [-0.25, -0.2) is 0 Å². The predicted molar refractivity (Wildman–Crippen MR) is 74.0 cm³/mol. The lowest BCUT2D eigenvalue weighted by atomic mass is 9.48. The van der Waals surface area contributed by atoms with Crippen molar-refractivity contribution in [3.8, 4) is 0 Å². The summed E-state index contributed by atoms with van der Waals surface area (Å²) in [4.78, 5) is 0. The van der Waals surface area contributed by atoms with Gasteiger partial charge in [-0.1, -0.05) is 28.1 Å². The SMILES string of the molecule is Brc1ccc(C23CC4C[C@H](C2)C[C@@H](C4)C3)cc1. The quantitative estimate of drug-likeness (QED) is 0.689. The third-order valence-corrected chi connectivity index (χ3v) is 6.02. The molecule has 5 rings (SSSR count). The maximum atomic E-state index is 3.56. The zero-order chi connectivity index (χ0) is 11.5. The van der Waals surface area contributed by atoms with Crippen molar-refractivity contribution in [1.29, 1.82) is 0 Å². The number of halogens is 1. The smallest absolute Gasteiger partial charge is 0.0175 e. The second-order valence-electron chi connectivity index (χ2n) is 6.70. The van der Waals surface area contributed by atoms with E-state index in [0.717, 1.165) is 17.8 Å². The van der Waals surface area contributed by atoms with Gasteiger partial charge in [-0.15, -0.1) is 0 Å². The molecule has 0 spiro atoms. The van der Waals surface area contributed by atoms with E-state index in [4.69, 9.17) is 0 Å². The highest BCUT2D eigenvalue weighted by Crippen LogP contribution is 2.60. The van der Waals surface area contributed by atoms with Crippen molar-refractivity contribution in [3.05, 3.63) is 34.3 Å². The molecule has 4 aliphatic rings. The molecule has 1 heteroatoms. The van der Waals surface area contributed by atoms with Gasteiger partial charge in [-0.05, 0) is 79.4 Å². The molecule has 0 aromatic heterocycles. The van der Waals surface area contributed by atoms with E-state index in [9.17, 15) is 0 Å². The van der Waals surface area contributed by atoms with Crippen LogP contribution in [0.5, 0.6) is 0 Å². The fourth-order valence-electron chi connectivity index (χ4n) is 5.27. The molecule has 0 atom stereocenters. The van der Waals surface area contributed by atoms with E-state index < -0.39 is 0 Å². The molecule has 0 N–H and O–H groups in total. The van der Waals surface area contributed by atoms with Crippen LogP contribution < -0.4 is 0 Å². The molecule has 0 aliphatic heterocycles. The van der Waals surface area contributed by atoms with Crippen molar-refractivity contribution in [3.63, 3.8) is 0 Å². The van der Waals surface area contributed by atoms with Gasteiger partial charge in [-0.3, -0.25) is 0 Å². The maximum absolute atomic E-state index is 3.56. The molecule has 90 valence electrons. The van der Waals surface area contributed by atoms with Gasteiger partial charge in [0.15, 0.2) is 0 Å². The summed E-state index contributed by atoms with van der Waals surface area (Å²) in [5.41, 5.74) is 2.19. The van der Waals surface area contributed by atoms with Gasteiger partial charge < -0.3 is 0 Å². The molecule has 4 bridgehead atoms. The first-order valence-electron chi connectivity index (χ1n) is 7.00. The first-order chi connectivity index (χ1) is 8.23. The lowest BCUT2D eigenvalue weighted by Crippen LogP contribution is -2.48. The molecular weight excluding hydrogens is 272 g/mol.